The van der Waals surface area contributed by atoms with Crippen LogP contribution in [-0.4, -0.2) is 38.6 Å². The highest BCUT2D eigenvalue weighted by molar-refractivity contribution is 7.85. The van der Waals surface area contributed by atoms with Crippen molar-refractivity contribution in [2.24, 2.45) is 0 Å². The van der Waals surface area contributed by atoms with Crippen molar-refractivity contribution in [3.63, 3.8) is 0 Å². The highest BCUT2D eigenvalue weighted by Gasteiger charge is 2.29. The Kier molecular flexibility index (Phi) is 5.89. The van der Waals surface area contributed by atoms with Crippen molar-refractivity contribution in [3.8, 4) is 0 Å². The maximum Gasteiger partial charge on any atom is 0.235 e. The van der Waals surface area contributed by atoms with Crippen molar-refractivity contribution in [2.75, 3.05) is 11.5 Å². The average Bonchev–Trinajstić information content (AvgIpc) is 2.26. The van der Waals surface area contributed by atoms with Crippen LogP contribution in [0.25, 0.3) is 0 Å². The highest BCUT2D eigenvalue weighted by atomic mass is 32.2. The zero-order chi connectivity index (χ0) is 12.8. The number of carbonyl (C=O) groups is 1. The van der Waals surface area contributed by atoms with Gasteiger partial charge in [-0.2, -0.15) is 0 Å². The summed E-state index contributed by atoms with van der Waals surface area (Å²) in [4.78, 5) is 14.0. The van der Waals surface area contributed by atoms with Gasteiger partial charge in [0.2, 0.25) is 5.91 Å². The molecule has 1 saturated heterocycles. The Morgan fingerprint density at radius 3 is 2.47 bits per heavy atom. The number of carbonyl (C=O) groups excluding carboxylic acids is 1. The summed E-state index contributed by atoms with van der Waals surface area (Å²) in [6, 6.07) is 0.593. The topological polar surface area (TPSA) is 37.4 Å². The third-order valence-electron chi connectivity index (χ3n) is 3.28. The summed E-state index contributed by atoms with van der Waals surface area (Å²) in [5, 5.41) is 0. The van der Waals surface area contributed by atoms with Crippen LogP contribution in [0.3, 0.4) is 0 Å². The van der Waals surface area contributed by atoms with Crippen molar-refractivity contribution in [1.82, 2.24) is 4.90 Å². The van der Waals surface area contributed by atoms with E-state index in [-0.39, 0.29) is 11.7 Å². The fourth-order valence-corrected chi connectivity index (χ4v) is 3.34. The van der Waals surface area contributed by atoms with Gasteiger partial charge in [0, 0.05) is 28.6 Å². The van der Waals surface area contributed by atoms with E-state index >= 15 is 0 Å². The van der Waals surface area contributed by atoms with E-state index in [4.69, 9.17) is 0 Å². The van der Waals surface area contributed by atoms with E-state index in [2.05, 4.69) is 13.8 Å². The van der Waals surface area contributed by atoms with Crippen molar-refractivity contribution >= 4 is 16.7 Å². The van der Waals surface area contributed by atoms with Crippen molar-refractivity contribution in [2.45, 2.75) is 52.1 Å². The lowest BCUT2D eigenvalue weighted by atomic mass is 9.98. The first kappa shape index (κ1) is 14.4. The molecule has 1 aliphatic rings. The first-order valence-electron chi connectivity index (χ1n) is 6.33. The van der Waals surface area contributed by atoms with Gasteiger partial charge in [-0.15, -0.1) is 0 Å². The molecular formula is C13H23NO2S. The molecule has 0 saturated carbocycles. The molecule has 3 unspecified atom stereocenters. The molecule has 1 aliphatic heterocycles. The van der Waals surface area contributed by atoms with Gasteiger partial charge < -0.3 is 4.90 Å². The van der Waals surface area contributed by atoms with E-state index < -0.39 is 10.8 Å². The Hall–Kier alpha value is -0.640. The van der Waals surface area contributed by atoms with Gasteiger partial charge >= 0.3 is 0 Å². The Morgan fingerprint density at radius 2 is 1.94 bits per heavy atom. The van der Waals surface area contributed by atoms with Gasteiger partial charge in [0.15, 0.2) is 0 Å². The van der Waals surface area contributed by atoms with E-state index in [1.54, 1.807) is 0 Å². The third kappa shape index (κ3) is 4.26. The largest absolute Gasteiger partial charge is 0.336 e. The number of nitrogens with zero attached hydrogens (tertiary/aromatic N) is 1. The summed E-state index contributed by atoms with van der Waals surface area (Å²) in [5.74, 6) is 0.699. The minimum atomic E-state index is -1.06. The van der Waals surface area contributed by atoms with E-state index in [0.717, 1.165) is 12.8 Å². The molecule has 3 nitrogen and oxygen atoms in total. The Bertz CT molecular complexity index is 305. The maximum absolute atomic E-state index is 12.1. The summed E-state index contributed by atoms with van der Waals surface area (Å²) in [7, 11) is -1.06. The van der Waals surface area contributed by atoms with E-state index in [9.17, 15) is 9.00 Å². The molecule has 0 N–H and O–H groups in total. The molecule has 0 radical (unpaired) electrons. The maximum atomic E-state index is 12.1. The molecule has 0 aromatic rings. The van der Waals surface area contributed by atoms with Gasteiger partial charge in [-0.25, -0.2) is 0 Å². The van der Waals surface area contributed by atoms with Crippen LogP contribution < -0.4 is 0 Å². The molecule has 4 heteroatoms. The first-order valence-corrected chi connectivity index (χ1v) is 7.82. The number of likely N-dealkylation sites (tertiary alicyclic amines) is 1. The average molecular weight is 257 g/mol. The van der Waals surface area contributed by atoms with Gasteiger partial charge in [-0.3, -0.25) is 9.00 Å². The second kappa shape index (κ2) is 6.94. The molecule has 1 rings (SSSR count). The van der Waals surface area contributed by atoms with Gasteiger partial charge in [0.05, 0.1) is 0 Å². The lowest BCUT2D eigenvalue weighted by Crippen LogP contribution is -2.49. The van der Waals surface area contributed by atoms with Crippen molar-refractivity contribution in [3.05, 3.63) is 12.2 Å². The number of hydrogen-bond donors (Lipinski definition) is 0. The van der Waals surface area contributed by atoms with Gasteiger partial charge in [-0.1, -0.05) is 12.2 Å². The standard InChI is InChI=1S/C13H23NO2S/c1-4-5-9-17(16)10-13(15)14-11(2)7-6-8-12(14)3/h4-5,11-12H,6-10H2,1-3H3. The number of allylic oxidation sites excluding steroid dienone is 1. The van der Waals surface area contributed by atoms with Crippen molar-refractivity contribution < 1.29 is 9.00 Å². The van der Waals surface area contributed by atoms with Gasteiger partial charge in [-0.05, 0) is 40.0 Å². The molecule has 0 aromatic carbocycles. The third-order valence-corrected chi connectivity index (χ3v) is 4.42. The first-order chi connectivity index (χ1) is 8.06. The second-order valence-corrected chi connectivity index (χ2v) is 6.25. The molecule has 1 heterocycles. The molecule has 0 bridgehead atoms. The molecule has 0 spiro atoms. The van der Waals surface area contributed by atoms with Crippen molar-refractivity contribution in [1.29, 1.82) is 0 Å². The smallest absolute Gasteiger partial charge is 0.235 e. The number of piperidine rings is 1. The minimum absolute atomic E-state index is 0.0486. The van der Waals surface area contributed by atoms with Crippen LogP contribution in [0.15, 0.2) is 12.2 Å². The summed E-state index contributed by atoms with van der Waals surface area (Å²) in [6.07, 6.45) is 7.05. The molecule has 0 aromatic heterocycles. The predicted octanol–water partition coefficient (Wildman–Crippen LogP) is 2.10. The quantitative estimate of drug-likeness (QED) is 0.723. The van der Waals surface area contributed by atoms with Crippen LogP contribution in [0.1, 0.15) is 40.0 Å². The van der Waals surface area contributed by atoms with Crippen LogP contribution in [0.2, 0.25) is 0 Å². The summed E-state index contributed by atoms with van der Waals surface area (Å²) in [6.45, 7) is 6.07. The molecule has 17 heavy (non-hydrogen) atoms. The SMILES string of the molecule is CC=CCS(=O)CC(=O)N1C(C)CCCC1C. The predicted molar refractivity (Wildman–Crippen MR) is 72.3 cm³/mol. The number of hydrogen-bond acceptors (Lipinski definition) is 2. The molecular weight excluding hydrogens is 234 g/mol. The monoisotopic (exact) mass is 257 g/mol. The highest BCUT2D eigenvalue weighted by Crippen LogP contribution is 2.22. The van der Waals surface area contributed by atoms with Gasteiger partial charge in [0.1, 0.15) is 5.75 Å². The van der Waals surface area contributed by atoms with E-state index in [1.807, 2.05) is 24.0 Å². The zero-order valence-electron chi connectivity index (χ0n) is 11.0. The fraction of sp³-hybridized carbons (Fsp3) is 0.769. The molecule has 1 amide bonds. The van der Waals surface area contributed by atoms with Crippen LogP contribution >= 0.6 is 0 Å². The van der Waals surface area contributed by atoms with Crippen LogP contribution in [0, 0.1) is 0 Å². The van der Waals surface area contributed by atoms with E-state index in [1.165, 1.54) is 6.42 Å². The molecule has 1 fully saturated rings. The van der Waals surface area contributed by atoms with Crippen LogP contribution in [0.4, 0.5) is 0 Å². The fourth-order valence-electron chi connectivity index (χ4n) is 2.39. The summed E-state index contributed by atoms with van der Waals surface area (Å²) >= 11 is 0. The van der Waals surface area contributed by atoms with Crippen LogP contribution in [0.5, 0.6) is 0 Å². The summed E-state index contributed by atoms with van der Waals surface area (Å²) < 4.78 is 11.7. The second-order valence-electron chi connectivity index (χ2n) is 4.75. The summed E-state index contributed by atoms with van der Waals surface area (Å²) in [5.41, 5.74) is 0. The Balaban J connectivity index is 2.53. The van der Waals surface area contributed by atoms with Crippen LogP contribution in [-0.2, 0) is 15.6 Å². The number of rotatable bonds is 4. The lowest BCUT2D eigenvalue weighted by molar-refractivity contribution is -0.134. The molecule has 98 valence electrons. The molecule has 0 aliphatic carbocycles. The zero-order valence-corrected chi connectivity index (χ0v) is 11.8. The minimum Gasteiger partial charge on any atom is -0.336 e. The molecule has 3 atom stereocenters. The lowest BCUT2D eigenvalue weighted by Gasteiger charge is -2.39. The Morgan fingerprint density at radius 1 is 1.35 bits per heavy atom. The normalized spacial score (nSPS) is 27.4. The Labute approximate surface area is 107 Å². The van der Waals surface area contributed by atoms with Gasteiger partial charge in [0.25, 0.3) is 0 Å². The van der Waals surface area contributed by atoms with E-state index in [0.29, 0.717) is 17.8 Å². The number of amides is 1.